The minimum Gasteiger partial charge on any atom is -0.480 e. The fourth-order valence-corrected chi connectivity index (χ4v) is 1.75. The Kier molecular flexibility index (Phi) is 5.17. The van der Waals surface area contributed by atoms with Crippen LogP contribution in [-0.2, 0) is 9.59 Å². The van der Waals surface area contributed by atoms with Gasteiger partial charge < -0.3 is 21.1 Å². The maximum atomic E-state index is 12.4. The number of hydrogen-bond donors (Lipinski definition) is 3. The predicted molar refractivity (Wildman–Crippen MR) is 64.1 cm³/mol. The molecule has 21 heavy (non-hydrogen) atoms. The van der Waals surface area contributed by atoms with E-state index < -0.39 is 42.1 Å². The Morgan fingerprint density at radius 2 is 2.05 bits per heavy atom. The van der Waals surface area contributed by atoms with E-state index in [0.29, 0.717) is 0 Å². The molecule has 4 N–H and O–H groups in total. The third-order valence-corrected chi connectivity index (χ3v) is 2.86. The van der Waals surface area contributed by atoms with Crippen LogP contribution in [0, 0.1) is 0 Å². The molecule has 118 valence electrons. The number of carboxylic acid groups (broad SMARTS) is 1. The van der Waals surface area contributed by atoms with Crippen LogP contribution in [0.5, 0.6) is 0 Å². The van der Waals surface area contributed by atoms with Gasteiger partial charge in [-0.25, -0.2) is 9.59 Å². The van der Waals surface area contributed by atoms with Crippen molar-refractivity contribution in [3.8, 4) is 0 Å². The molecule has 0 bridgehead atoms. The van der Waals surface area contributed by atoms with Crippen molar-refractivity contribution in [2.24, 2.45) is 5.73 Å². The SMILES string of the molecule is NC(=O)CC(NC(=O)N1CC=C(C(F)(F)F)CC1)C(=O)O. The van der Waals surface area contributed by atoms with E-state index in [1.807, 2.05) is 5.32 Å². The summed E-state index contributed by atoms with van der Waals surface area (Å²) in [4.78, 5) is 34.3. The highest BCUT2D eigenvalue weighted by Gasteiger charge is 2.36. The van der Waals surface area contributed by atoms with Crippen LogP contribution >= 0.6 is 0 Å². The fourth-order valence-electron chi connectivity index (χ4n) is 1.75. The van der Waals surface area contributed by atoms with Crippen molar-refractivity contribution in [3.63, 3.8) is 0 Å². The summed E-state index contributed by atoms with van der Waals surface area (Å²) in [5.41, 5.74) is 4.13. The van der Waals surface area contributed by atoms with Crippen molar-refractivity contribution in [2.75, 3.05) is 13.1 Å². The first-order valence-corrected chi connectivity index (χ1v) is 5.94. The summed E-state index contributed by atoms with van der Waals surface area (Å²) in [7, 11) is 0. The number of halogens is 3. The summed E-state index contributed by atoms with van der Waals surface area (Å²) in [5.74, 6) is -2.37. The molecule has 10 heteroatoms. The van der Waals surface area contributed by atoms with Crippen molar-refractivity contribution in [1.29, 1.82) is 0 Å². The lowest BCUT2D eigenvalue weighted by Crippen LogP contribution is -2.50. The summed E-state index contributed by atoms with van der Waals surface area (Å²) < 4.78 is 37.2. The van der Waals surface area contributed by atoms with Crippen molar-refractivity contribution in [1.82, 2.24) is 10.2 Å². The number of nitrogens with zero attached hydrogens (tertiary/aromatic N) is 1. The number of nitrogens with one attached hydrogen (secondary N) is 1. The first-order chi connectivity index (χ1) is 9.61. The van der Waals surface area contributed by atoms with Crippen LogP contribution in [0.25, 0.3) is 0 Å². The minimum absolute atomic E-state index is 0.194. The second kappa shape index (κ2) is 6.46. The Bertz CT molecular complexity index is 476. The monoisotopic (exact) mass is 309 g/mol. The van der Waals surface area contributed by atoms with Gasteiger partial charge in [0.15, 0.2) is 0 Å². The summed E-state index contributed by atoms with van der Waals surface area (Å²) in [6.45, 7) is -0.482. The number of alkyl halides is 3. The highest BCUT2D eigenvalue weighted by atomic mass is 19.4. The molecule has 0 aliphatic carbocycles. The van der Waals surface area contributed by atoms with Crippen molar-refractivity contribution >= 4 is 17.9 Å². The maximum absolute atomic E-state index is 12.4. The molecule has 7 nitrogen and oxygen atoms in total. The molecule has 0 fully saturated rings. The molecule has 0 radical (unpaired) electrons. The molecular weight excluding hydrogens is 295 g/mol. The average molecular weight is 309 g/mol. The van der Waals surface area contributed by atoms with Gasteiger partial charge in [0.25, 0.3) is 0 Å². The van der Waals surface area contributed by atoms with E-state index in [2.05, 4.69) is 0 Å². The second-order valence-corrected chi connectivity index (χ2v) is 4.43. The zero-order valence-corrected chi connectivity index (χ0v) is 10.8. The molecule has 0 aromatic heterocycles. The van der Waals surface area contributed by atoms with Gasteiger partial charge in [-0.3, -0.25) is 4.79 Å². The molecule has 0 aromatic rings. The first-order valence-electron chi connectivity index (χ1n) is 5.94. The second-order valence-electron chi connectivity index (χ2n) is 4.43. The maximum Gasteiger partial charge on any atom is 0.412 e. The van der Waals surface area contributed by atoms with Crippen LogP contribution < -0.4 is 11.1 Å². The smallest absolute Gasteiger partial charge is 0.412 e. The normalized spacial score (nSPS) is 16.9. The molecule has 1 heterocycles. The molecule has 1 aliphatic heterocycles. The molecule has 0 saturated carbocycles. The van der Waals surface area contributed by atoms with Crippen molar-refractivity contribution in [3.05, 3.63) is 11.6 Å². The number of urea groups is 1. The van der Waals surface area contributed by atoms with Gasteiger partial charge in [0.1, 0.15) is 6.04 Å². The summed E-state index contributed by atoms with van der Waals surface area (Å²) in [6, 6.07) is -2.37. The number of nitrogens with two attached hydrogens (primary N) is 1. The van der Waals surface area contributed by atoms with Gasteiger partial charge >= 0.3 is 18.2 Å². The van der Waals surface area contributed by atoms with E-state index in [4.69, 9.17) is 10.8 Å². The highest BCUT2D eigenvalue weighted by Crippen LogP contribution is 2.30. The topological polar surface area (TPSA) is 113 Å². The Morgan fingerprint density at radius 3 is 2.43 bits per heavy atom. The number of rotatable bonds is 4. The minimum atomic E-state index is -4.43. The molecule has 0 saturated heterocycles. The van der Waals surface area contributed by atoms with E-state index >= 15 is 0 Å². The number of aliphatic carboxylic acids is 1. The summed E-state index contributed by atoms with van der Waals surface area (Å²) in [5, 5.41) is 10.9. The molecular formula is C11H14F3N3O4. The lowest BCUT2D eigenvalue weighted by molar-refractivity contribution is -0.140. The Morgan fingerprint density at radius 1 is 1.43 bits per heavy atom. The van der Waals surface area contributed by atoms with E-state index in [9.17, 15) is 27.6 Å². The Balaban J connectivity index is 2.63. The molecule has 1 unspecified atom stereocenters. The Labute approximate surface area is 117 Å². The largest absolute Gasteiger partial charge is 0.480 e. The Hall–Kier alpha value is -2.26. The number of amides is 3. The first kappa shape index (κ1) is 16.8. The van der Waals surface area contributed by atoms with Gasteiger partial charge in [0.2, 0.25) is 5.91 Å². The van der Waals surface area contributed by atoms with Crippen LogP contribution in [0.4, 0.5) is 18.0 Å². The number of hydrogen-bond acceptors (Lipinski definition) is 3. The van der Waals surface area contributed by atoms with Crippen molar-refractivity contribution in [2.45, 2.75) is 25.1 Å². The fraction of sp³-hybridized carbons (Fsp3) is 0.545. The molecule has 0 aromatic carbocycles. The third kappa shape index (κ3) is 4.97. The van der Waals surface area contributed by atoms with Crippen LogP contribution in [0.15, 0.2) is 11.6 Å². The molecule has 0 spiro atoms. The van der Waals surface area contributed by atoms with Crippen LogP contribution in [0.2, 0.25) is 0 Å². The quantitative estimate of drug-likeness (QED) is 0.645. The average Bonchev–Trinajstić information content (AvgIpc) is 2.36. The zero-order valence-electron chi connectivity index (χ0n) is 10.8. The molecule has 1 aliphatic rings. The van der Waals surface area contributed by atoms with Gasteiger partial charge in [-0.1, -0.05) is 6.08 Å². The van der Waals surface area contributed by atoms with E-state index in [1.54, 1.807) is 0 Å². The van der Waals surface area contributed by atoms with Crippen LogP contribution in [-0.4, -0.2) is 53.2 Å². The highest BCUT2D eigenvalue weighted by molar-refractivity contribution is 5.87. The van der Waals surface area contributed by atoms with Gasteiger partial charge in [-0.15, -0.1) is 0 Å². The third-order valence-electron chi connectivity index (χ3n) is 2.86. The van der Waals surface area contributed by atoms with Crippen LogP contribution in [0.3, 0.4) is 0 Å². The van der Waals surface area contributed by atoms with Gasteiger partial charge in [-0.05, 0) is 6.42 Å². The molecule has 1 atom stereocenters. The lowest BCUT2D eigenvalue weighted by atomic mass is 10.1. The number of carbonyl (C=O) groups excluding carboxylic acids is 2. The summed E-state index contributed by atoms with van der Waals surface area (Å²) >= 11 is 0. The van der Waals surface area contributed by atoms with Crippen molar-refractivity contribution < 1.29 is 32.7 Å². The molecule has 1 rings (SSSR count). The standard InChI is InChI=1S/C11H14F3N3O4/c12-11(13,14)6-1-3-17(4-2-6)10(21)16-7(9(19)20)5-8(15)18/h1,7H,2-5H2,(H2,15,18)(H,16,21)(H,19,20). The van der Waals surface area contributed by atoms with Gasteiger partial charge in [0.05, 0.1) is 6.42 Å². The van der Waals surface area contributed by atoms with E-state index in [0.717, 1.165) is 11.0 Å². The molecule has 3 amide bonds. The van der Waals surface area contributed by atoms with Gasteiger partial charge in [0, 0.05) is 18.7 Å². The summed E-state index contributed by atoms with van der Waals surface area (Å²) in [6.07, 6.45) is -4.53. The number of primary amides is 1. The lowest BCUT2D eigenvalue weighted by Gasteiger charge is -2.28. The van der Waals surface area contributed by atoms with E-state index in [1.165, 1.54) is 0 Å². The van der Waals surface area contributed by atoms with E-state index in [-0.39, 0.29) is 19.5 Å². The predicted octanol–water partition coefficient (Wildman–Crippen LogP) is 0.219. The number of carbonyl (C=O) groups is 3. The number of carboxylic acids is 1. The van der Waals surface area contributed by atoms with Crippen LogP contribution in [0.1, 0.15) is 12.8 Å². The van der Waals surface area contributed by atoms with Gasteiger partial charge in [-0.2, -0.15) is 13.2 Å². The zero-order chi connectivity index (χ0) is 16.2.